The Bertz CT molecular complexity index is 1140. The molecule has 2 heterocycles. The zero-order valence-electron chi connectivity index (χ0n) is 18.2. The van der Waals surface area contributed by atoms with Crippen molar-refractivity contribution in [1.29, 1.82) is 0 Å². The average molecular weight is 488 g/mol. The minimum atomic E-state index is -0.703. The highest BCUT2D eigenvalue weighted by Gasteiger charge is 2.27. The maximum absolute atomic E-state index is 12.3. The van der Waals surface area contributed by atoms with Gasteiger partial charge >= 0.3 is 6.09 Å². The zero-order chi connectivity index (χ0) is 22.8. The highest BCUT2D eigenvalue weighted by atomic mass is 79.9. The molecule has 2 aromatic heterocycles. The average Bonchev–Trinajstić information content (AvgIpc) is 3.02. The Kier molecular flexibility index (Phi) is 6.35. The molecule has 2 N–H and O–H groups in total. The number of H-pyrrole nitrogens is 1. The molecular formula is C22H26BrN5O3. The summed E-state index contributed by atoms with van der Waals surface area (Å²) in [6.07, 6.45) is 1.05. The molecule has 0 bridgehead atoms. The Hall–Kier alpha value is -2.94. The van der Waals surface area contributed by atoms with Crippen molar-refractivity contribution >= 4 is 22.0 Å². The lowest BCUT2D eigenvalue weighted by molar-refractivity contribution is 0.0462. The molecule has 3 aromatic rings. The summed E-state index contributed by atoms with van der Waals surface area (Å²) in [5.41, 5.74) is -0.0955. The Labute approximate surface area is 189 Å². The van der Waals surface area contributed by atoms with Gasteiger partial charge in [0.05, 0.1) is 17.8 Å². The van der Waals surface area contributed by atoms with E-state index in [9.17, 15) is 9.59 Å². The molecule has 31 heavy (non-hydrogen) atoms. The first-order chi connectivity index (χ1) is 14.4. The van der Waals surface area contributed by atoms with Gasteiger partial charge in [0.1, 0.15) is 5.60 Å². The molecule has 0 unspecified atom stereocenters. The number of rotatable bonds is 5. The molecule has 9 heteroatoms. The van der Waals surface area contributed by atoms with Gasteiger partial charge < -0.3 is 15.0 Å². The van der Waals surface area contributed by atoms with Crippen LogP contribution in [0.4, 0.5) is 4.79 Å². The normalized spacial score (nSPS) is 11.9. The highest BCUT2D eigenvalue weighted by Crippen LogP contribution is 2.28. The highest BCUT2D eigenvalue weighted by molar-refractivity contribution is 9.10. The maximum Gasteiger partial charge on any atom is 0.408 e. The molecule has 0 atom stereocenters. The number of ether oxygens (including phenoxy) is 1. The Morgan fingerprint density at radius 2 is 1.90 bits per heavy atom. The topological polar surface area (TPSA) is 102 Å². The van der Waals surface area contributed by atoms with E-state index in [0.29, 0.717) is 23.9 Å². The summed E-state index contributed by atoms with van der Waals surface area (Å²) in [5, 5.41) is 7.56. The number of halogens is 1. The summed E-state index contributed by atoms with van der Waals surface area (Å²) in [6, 6.07) is 10.5. The maximum atomic E-state index is 12.3. The number of hydrogen-bond acceptors (Lipinski definition) is 5. The van der Waals surface area contributed by atoms with Crippen molar-refractivity contribution in [3.8, 4) is 22.9 Å². The molecule has 1 amide bonds. The van der Waals surface area contributed by atoms with Gasteiger partial charge in [0.15, 0.2) is 17.1 Å². The number of aromatic amines is 1. The van der Waals surface area contributed by atoms with Gasteiger partial charge in [-0.3, -0.25) is 4.79 Å². The van der Waals surface area contributed by atoms with Crippen molar-refractivity contribution in [1.82, 2.24) is 25.1 Å². The fourth-order valence-corrected chi connectivity index (χ4v) is 3.44. The molecule has 0 radical (unpaired) electrons. The molecule has 164 valence electrons. The number of hydrogen-bond donors (Lipinski definition) is 2. The molecule has 8 nitrogen and oxygen atoms in total. The monoisotopic (exact) mass is 487 g/mol. The molecule has 0 aliphatic heterocycles. The number of alkyl carbamates (subject to hydrolysis) is 1. The third kappa shape index (κ3) is 6.04. The summed E-state index contributed by atoms with van der Waals surface area (Å²) in [7, 11) is 0. The van der Waals surface area contributed by atoms with Crippen LogP contribution in [-0.2, 0) is 11.3 Å². The molecule has 0 saturated carbocycles. The number of benzene rings is 1. The number of pyridine rings is 1. The van der Waals surface area contributed by atoms with Crippen LogP contribution in [-0.4, -0.2) is 37.0 Å². The number of aromatic nitrogens is 4. The lowest BCUT2D eigenvalue weighted by Gasteiger charge is -2.28. The minimum absolute atomic E-state index is 0.142. The zero-order valence-corrected chi connectivity index (χ0v) is 19.8. The second kappa shape index (κ2) is 8.66. The van der Waals surface area contributed by atoms with Crippen LogP contribution in [0, 0.1) is 0 Å². The SMILES string of the molecule is CC(C)(Cn1nc(-c2ccccc2Br)nc1-c1cc(=O)cc[nH]1)NC(=O)OC(C)(C)C. The number of nitrogens with zero attached hydrogens (tertiary/aromatic N) is 3. The fraction of sp³-hybridized carbons (Fsp3) is 0.364. The fourth-order valence-electron chi connectivity index (χ4n) is 2.98. The molecule has 1 aromatic carbocycles. The van der Waals surface area contributed by atoms with Crippen LogP contribution in [0.15, 0.2) is 51.9 Å². The predicted octanol–water partition coefficient (Wildman–Crippen LogP) is 4.37. The van der Waals surface area contributed by atoms with Gasteiger partial charge in [0.2, 0.25) is 0 Å². The van der Waals surface area contributed by atoms with Gasteiger partial charge in [0, 0.05) is 28.4 Å². The standard InChI is InChI=1S/C22H26BrN5O3/c1-21(2,3)31-20(30)26-22(4,5)13-28-19(17-12-14(29)10-11-24-17)25-18(27-28)15-8-6-7-9-16(15)23/h6-12H,13H2,1-5H3,(H,24,29)(H,26,30). The van der Waals surface area contributed by atoms with Crippen LogP contribution in [0.1, 0.15) is 34.6 Å². The lowest BCUT2D eigenvalue weighted by Crippen LogP contribution is -2.48. The van der Waals surface area contributed by atoms with Crippen LogP contribution in [0.2, 0.25) is 0 Å². The summed E-state index contributed by atoms with van der Waals surface area (Å²) in [4.78, 5) is 32.0. The van der Waals surface area contributed by atoms with Crippen LogP contribution >= 0.6 is 15.9 Å². The summed E-state index contributed by atoms with van der Waals surface area (Å²) >= 11 is 3.54. The van der Waals surface area contributed by atoms with Gasteiger partial charge in [-0.2, -0.15) is 5.10 Å². The molecule has 0 fully saturated rings. The molecule has 0 saturated heterocycles. The first-order valence-electron chi connectivity index (χ1n) is 9.84. The number of carbonyl (C=O) groups excluding carboxylic acids is 1. The molecule has 0 spiro atoms. The van der Waals surface area contributed by atoms with E-state index in [4.69, 9.17) is 4.74 Å². The Morgan fingerprint density at radius 3 is 2.55 bits per heavy atom. The first kappa shape index (κ1) is 22.7. The third-order valence-electron chi connectivity index (χ3n) is 4.18. The predicted molar refractivity (Wildman–Crippen MR) is 123 cm³/mol. The third-order valence-corrected chi connectivity index (χ3v) is 4.88. The number of amides is 1. The van der Waals surface area contributed by atoms with Crippen molar-refractivity contribution < 1.29 is 9.53 Å². The van der Waals surface area contributed by atoms with Crippen molar-refractivity contribution in [3.63, 3.8) is 0 Å². The van der Waals surface area contributed by atoms with Gasteiger partial charge in [-0.05, 0) is 46.8 Å². The van der Waals surface area contributed by atoms with Crippen LogP contribution in [0.3, 0.4) is 0 Å². The van der Waals surface area contributed by atoms with Crippen molar-refractivity contribution in [2.45, 2.75) is 52.3 Å². The lowest BCUT2D eigenvalue weighted by atomic mass is 10.1. The first-order valence-corrected chi connectivity index (χ1v) is 10.6. The van der Waals surface area contributed by atoms with Crippen molar-refractivity contribution in [2.24, 2.45) is 0 Å². The van der Waals surface area contributed by atoms with E-state index >= 15 is 0 Å². The van der Waals surface area contributed by atoms with E-state index in [0.717, 1.165) is 10.0 Å². The summed E-state index contributed by atoms with van der Waals surface area (Å²) in [6.45, 7) is 9.47. The Morgan fingerprint density at radius 1 is 1.19 bits per heavy atom. The van der Waals surface area contributed by atoms with E-state index in [2.05, 4.69) is 36.3 Å². The largest absolute Gasteiger partial charge is 0.444 e. The van der Waals surface area contributed by atoms with Gasteiger partial charge in [-0.15, -0.1) is 0 Å². The van der Waals surface area contributed by atoms with Crippen LogP contribution < -0.4 is 10.7 Å². The van der Waals surface area contributed by atoms with Gasteiger partial charge in [0.25, 0.3) is 0 Å². The van der Waals surface area contributed by atoms with Gasteiger partial charge in [-0.1, -0.05) is 28.1 Å². The van der Waals surface area contributed by atoms with Crippen LogP contribution in [0.5, 0.6) is 0 Å². The molecular weight excluding hydrogens is 462 g/mol. The van der Waals surface area contributed by atoms with Crippen LogP contribution in [0.25, 0.3) is 22.9 Å². The molecule has 0 aliphatic rings. The smallest absolute Gasteiger partial charge is 0.408 e. The molecule has 3 rings (SSSR count). The second-order valence-corrected chi connectivity index (χ2v) is 9.70. The van der Waals surface area contributed by atoms with E-state index in [1.54, 1.807) is 10.9 Å². The van der Waals surface area contributed by atoms with Crippen molar-refractivity contribution in [2.75, 3.05) is 0 Å². The summed E-state index contributed by atoms with van der Waals surface area (Å²) < 4.78 is 7.91. The van der Waals surface area contributed by atoms with E-state index in [-0.39, 0.29) is 5.43 Å². The summed E-state index contributed by atoms with van der Waals surface area (Å²) in [5.74, 6) is 0.989. The number of carbonyl (C=O) groups is 1. The van der Waals surface area contributed by atoms with Gasteiger partial charge in [-0.25, -0.2) is 14.5 Å². The second-order valence-electron chi connectivity index (χ2n) is 8.85. The Balaban J connectivity index is 1.99. The van der Waals surface area contributed by atoms with E-state index in [1.165, 1.54) is 12.1 Å². The molecule has 0 aliphatic carbocycles. The minimum Gasteiger partial charge on any atom is -0.444 e. The quantitative estimate of drug-likeness (QED) is 0.556. The van der Waals surface area contributed by atoms with E-state index < -0.39 is 17.2 Å². The number of nitrogens with one attached hydrogen (secondary N) is 2. The van der Waals surface area contributed by atoms with Crippen molar-refractivity contribution in [3.05, 3.63) is 57.3 Å². The van der Waals surface area contributed by atoms with E-state index in [1.807, 2.05) is 58.9 Å².